The quantitative estimate of drug-likeness (QED) is 0.292. The molecule has 0 N–H and O–H groups in total. The molecule has 0 saturated heterocycles. The first kappa shape index (κ1) is 19.3. The van der Waals surface area contributed by atoms with Gasteiger partial charge in [-0.15, -0.1) is 0 Å². The lowest BCUT2D eigenvalue weighted by atomic mass is 10.1. The second-order valence-corrected chi connectivity index (χ2v) is 7.37. The van der Waals surface area contributed by atoms with Crippen molar-refractivity contribution in [2.24, 2.45) is 0 Å². The summed E-state index contributed by atoms with van der Waals surface area (Å²) in [6.07, 6.45) is 14.0. The lowest BCUT2D eigenvalue weighted by molar-refractivity contribution is 0.553. The zero-order valence-electron chi connectivity index (χ0n) is 14.9. The fraction of sp³-hybridized carbons (Fsp3) is 0.700. The van der Waals surface area contributed by atoms with Crippen molar-refractivity contribution in [2.45, 2.75) is 91.0 Å². The van der Waals surface area contributed by atoms with Crippen molar-refractivity contribution in [1.82, 2.24) is 0 Å². The molecule has 0 aliphatic rings. The van der Waals surface area contributed by atoms with Gasteiger partial charge in [0.15, 0.2) is 0 Å². The summed E-state index contributed by atoms with van der Waals surface area (Å²) in [5.74, 6) is 1.07. The number of aryl methyl sites for hydroxylation is 1. The zero-order chi connectivity index (χ0) is 16.0. The van der Waals surface area contributed by atoms with Gasteiger partial charge in [-0.05, 0) is 37.1 Å². The van der Waals surface area contributed by atoms with Crippen molar-refractivity contribution >= 4 is 9.76 Å². The van der Waals surface area contributed by atoms with Crippen molar-refractivity contribution < 1.29 is 4.43 Å². The van der Waals surface area contributed by atoms with Crippen LogP contribution in [0, 0.1) is 13.8 Å². The average molecular weight is 319 g/mol. The molecular weight excluding hydrogens is 284 g/mol. The first-order chi connectivity index (χ1) is 10.8. The number of rotatable bonds is 13. The van der Waals surface area contributed by atoms with Crippen LogP contribution in [0.3, 0.4) is 0 Å². The van der Waals surface area contributed by atoms with Crippen molar-refractivity contribution in [2.75, 3.05) is 0 Å². The van der Waals surface area contributed by atoms with Crippen LogP contribution in [0.4, 0.5) is 0 Å². The topological polar surface area (TPSA) is 9.23 Å². The van der Waals surface area contributed by atoms with Crippen LogP contribution in [0.5, 0.6) is 5.75 Å². The maximum absolute atomic E-state index is 5.93. The molecule has 2 heteroatoms. The Hall–Kier alpha value is -0.763. The van der Waals surface area contributed by atoms with E-state index in [-0.39, 0.29) is 0 Å². The molecule has 1 rings (SSSR count). The van der Waals surface area contributed by atoms with Gasteiger partial charge >= 0.3 is 9.76 Å². The second kappa shape index (κ2) is 12.7. The monoisotopic (exact) mass is 318 g/mol. The molecule has 0 bridgehead atoms. The molecule has 1 nitrogen and oxygen atoms in total. The van der Waals surface area contributed by atoms with Crippen LogP contribution in [0.25, 0.3) is 0 Å². The summed E-state index contributed by atoms with van der Waals surface area (Å²) < 4.78 is 5.93. The Morgan fingerprint density at radius 1 is 0.818 bits per heavy atom. The first-order valence-corrected chi connectivity index (χ1v) is 10.3. The lowest BCUT2D eigenvalue weighted by Gasteiger charge is -2.10. The van der Waals surface area contributed by atoms with E-state index in [0.717, 1.165) is 5.75 Å². The van der Waals surface area contributed by atoms with Gasteiger partial charge in [-0.1, -0.05) is 83.3 Å². The van der Waals surface area contributed by atoms with Crippen LogP contribution in [0.2, 0.25) is 6.04 Å². The molecule has 22 heavy (non-hydrogen) atoms. The predicted molar refractivity (Wildman–Crippen MR) is 98.9 cm³/mol. The zero-order valence-corrected chi connectivity index (χ0v) is 15.9. The summed E-state index contributed by atoms with van der Waals surface area (Å²) in [6, 6.07) is 7.54. The van der Waals surface area contributed by atoms with Crippen LogP contribution in [0.15, 0.2) is 18.2 Å². The normalized spacial score (nSPS) is 10.9. The van der Waals surface area contributed by atoms with Gasteiger partial charge < -0.3 is 4.43 Å². The third-order valence-electron chi connectivity index (χ3n) is 4.37. The molecule has 0 aromatic heterocycles. The van der Waals surface area contributed by atoms with E-state index in [9.17, 15) is 0 Å². The Morgan fingerprint density at radius 3 is 2.05 bits per heavy atom. The summed E-state index contributed by atoms with van der Waals surface area (Å²) in [5, 5.41) is 0. The Morgan fingerprint density at radius 2 is 1.41 bits per heavy atom. The fourth-order valence-electron chi connectivity index (χ4n) is 2.65. The third kappa shape index (κ3) is 8.62. The average Bonchev–Trinajstić information content (AvgIpc) is 2.52. The molecule has 0 amide bonds. The van der Waals surface area contributed by atoms with Crippen molar-refractivity contribution in [3.8, 4) is 5.75 Å². The molecule has 0 heterocycles. The molecule has 0 aliphatic carbocycles. The molecule has 0 saturated carbocycles. The number of benzene rings is 1. The van der Waals surface area contributed by atoms with E-state index in [4.69, 9.17) is 4.43 Å². The van der Waals surface area contributed by atoms with E-state index in [1.807, 2.05) is 0 Å². The molecule has 0 atom stereocenters. The number of unbranched alkanes of at least 4 members (excludes halogenated alkanes) is 9. The van der Waals surface area contributed by atoms with Crippen LogP contribution in [0.1, 0.15) is 82.3 Å². The summed E-state index contributed by atoms with van der Waals surface area (Å²) in [5.41, 5.74) is 2.61. The highest BCUT2D eigenvalue weighted by atomic mass is 28.2. The van der Waals surface area contributed by atoms with Crippen LogP contribution in [-0.2, 0) is 0 Å². The van der Waals surface area contributed by atoms with E-state index in [1.165, 1.54) is 81.4 Å². The molecule has 2 radical (unpaired) electrons. The maximum atomic E-state index is 5.93. The largest absolute Gasteiger partial charge is 0.541 e. The van der Waals surface area contributed by atoms with E-state index in [2.05, 4.69) is 39.0 Å². The number of hydrogen-bond acceptors (Lipinski definition) is 1. The van der Waals surface area contributed by atoms with Crippen molar-refractivity contribution in [3.05, 3.63) is 29.3 Å². The van der Waals surface area contributed by atoms with Crippen LogP contribution in [-0.4, -0.2) is 9.76 Å². The van der Waals surface area contributed by atoms with Gasteiger partial charge in [0, 0.05) is 0 Å². The van der Waals surface area contributed by atoms with Gasteiger partial charge in [0.05, 0.1) is 0 Å². The smallest absolute Gasteiger partial charge is 0.310 e. The summed E-state index contributed by atoms with van der Waals surface area (Å²) >= 11 is 0. The van der Waals surface area contributed by atoms with E-state index < -0.39 is 0 Å². The highest BCUT2D eigenvalue weighted by molar-refractivity contribution is 6.28. The Labute approximate surface area is 140 Å². The molecule has 0 spiro atoms. The molecule has 124 valence electrons. The van der Waals surface area contributed by atoms with E-state index in [1.54, 1.807) is 0 Å². The van der Waals surface area contributed by atoms with Gasteiger partial charge in [0.25, 0.3) is 0 Å². The predicted octanol–water partition coefficient (Wildman–Crippen LogP) is 6.64. The first-order valence-electron chi connectivity index (χ1n) is 9.21. The summed E-state index contributed by atoms with van der Waals surface area (Å²) in [7, 11) is 0.614. The van der Waals surface area contributed by atoms with E-state index in [0.29, 0.717) is 9.76 Å². The van der Waals surface area contributed by atoms with Gasteiger partial charge in [0.1, 0.15) is 5.75 Å². The molecule has 1 aromatic rings. The minimum absolute atomic E-state index is 0.614. The van der Waals surface area contributed by atoms with Gasteiger partial charge in [0.2, 0.25) is 0 Å². The number of hydrogen-bond donors (Lipinski definition) is 0. The molecule has 0 unspecified atom stereocenters. The van der Waals surface area contributed by atoms with Crippen molar-refractivity contribution in [1.29, 1.82) is 0 Å². The highest BCUT2D eigenvalue weighted by Crippen LogP contribution is 2.20. The Bertz CT molecular complexity index is 389. The molecule has 0 fully saturated rings. The second-order valence-electron chi connectivity index (χ2n) is 6.38. The molecule has 0 aliphatic heterocycles. The highest BCUT2D eigenvalue weighted by Gasteiger charge is 2.02. The molecule has 1 aromatic carbocycles. The van der Waals surface area contributed by atoms with Crippen LogP contribution >= 0.6 is 0 Å². The van der Waals surface area contributed by atoms with E-state index >= 15 is 0 Å². The fourth-order valence-corrected chi connectivity index (χ4v) is 3.52. The summed E-state index contributed by atoms with van der Waals surface area (Å²) in [6.45, 7) is 6.58. The van der Waals surface area contributed by atoms with Gasteiger partial charge in [-0.3, -0.25) is 0 Å². The molecular formula is C20H34OSi. The van der Waals surface area contributed by atoms with Crippen molar-refractivity contribution in [3.63, 3.8) is 0 Å². The lowest BCUT2D eigenvalue weighted by Crippen LogP contribution is -2.03. The SMILES string of the molecule is CCCCCCCCCCCC[Si]Oc1cccc(C)c1C. The van der Waals surface area contributed by atoms with Gasteiger partial charge in [-0.2, -0.15) is 0 Å². The van der Waals surface area contributed by atoms with Gasteiger partial charge in [-0.25, -0.2) is 0 Å². The minimum Gasteiger partial charge on any atom is -0.541 e. The minimum atomic E-state index is 0.614. The third-order valence-corrected chi connectivity index (χ3v) is 5.29. The Balaban J connectivity index is 1.90. The standard InChI is InChI=1S/C20H34OSi/c1-4-5-6-7-8-9-10-11-12-13-17-22-21-20-16-14-15-18(2)19(20)3/h14-16H,4-13,17H2,1-3H3. The maximum Gasteiger partial charge on any atom is 0.310 e. The van der Waals surface area contributed by atoms with Crippen LogP contribution < -0.4 is 4.43 Å². The Kier molecular flexibility index (Phi) is 11.2. The summed E-state index contributed by atoms with van der Waals surface area (Å²) in [4.78, 5) is 0.